The smallest absolute Gasteiger partial charge is 0.0740 e. The van der Waals surface area contributed by atoms with E-state index in [4.69, 9.17) is 10.3 Å². The van der Waals surface area contributed by atoms with Crippen LogP contribution in [0.1, 0.15) is 5.56 Å². The molecule has 0 heterocycles. The third-order valence-electron chi connectivity index (χ3n) is 2.00. The summed E-state index contributed by atoms with van der Waals surface area (Å²) in [6.07, 6.45) is 7.74. The second-order valence-corrected chi connectivity index (χ2v) is 3.47. The van der Waals surface area contributed by atoms with Crippen molar-refractivity contribution < 1.29 is 4.74 Å². The molecule has 0 fully saturated rings. The van der Waals surface area contributed by atoms with Gasteiger partial charge in [0.1, 0.15) is 0 Å². The number of allylic oxidation sites excluding steroid dienone is 2. The van der Waals surface area contributed by atoms with E-state index in [-0.39, 0.29) is 6.61 Å². The van der Waals surface area contributed by atoms with Crippen molar-refractivity contribution in [3.63, 3.8) is 0 Å². The number of hydrogen-bond acceptors (Lipinski definition) is 2. The molecule has 0 aliphatic carbocycles. The lowest BCUT2D eigenvalue weighted by Gasteiger charge is -1.97. The van der Waals surface area contributed by atoms with E-state index in [1.165, 1.54) is 0 Å². The van der Waals surface area contributed by atoms with E-state index in [0.717, 1.165) is 5.56 Å². The van der Waals surface area contributed by atoms with Crippen LogP contribution in [-0.2, 0) is 4.74 Å². The Labute approximate surface area is 107 Å². The molecule has 0 saturated carbocycles. The van der Waals surface area contributed by atoms with Gasteiger partial charge in [-0.05, 0) is 11.1 Å². The molecule has 18 heavy (non-hydrogen) atoms. The van der Waals surface area contributed by atoms with E-state index in [9.17, 15) is 0 Å². The van der Waals surface area contributed by atoms with Crippen molar-refractivity contribution >= 4 is 6.08 Å². The number of ether oxygens (including phenoxy) is 1. The first-order chi connectivity index (χ1) is 8.83. The normalized spacial score (nSPS) is 10.7. The number of benzene rings is 1. The summed E-state index contributed by atoms with van der Waals surface area (Å²) in [6, 6.07) is 10.0. The molecule has 0 bridgehead atoms. The molecule has 0 aliphatic heterocycles. The second kappa shape index (κ2) is 8.82. The number of hydrogen-bond donors (Lipinski definition) is 0. The fourth-order valence-corrected chi connectivity index (χ4v) is 1.20. The Kier molecular flexibility index (Phi) is 6.75. The molecule has 0 unspecified atom stereocenters. The van der Waals surface area contributed by atoms with Gasteiger partial charge in [-0.1, -0.05) is 66.3 Å². The van der Waals surface area contributed by atoms with Crippen molar-refractivity contribution in [2.75, 3.05) is 13.2 Å². The first-order valence-corrected chi connectivity index (χ1v) is 5.52. The van der Waals surface area contributed by atoms with Crippen LogP contribution in [0.4, 0.5) is 0 Å². The summed E-state index contributed by atoms with van der Waals surface area (Å²) >= 11 is 0. The standard InChI is InChI=1S/C14H15N3O/c1-13(16-17-15)12-18-11-7-3-6-10-14-8-4-2-5-9-14/h2-10H,1,11-12H2/b7-3+,10-6+. The van der Waals surface area contributed by atoms with Gasteiger partial charge in [0, 0.05) is 10.6 Å². The van der Waals surface area contributed by atoms with E-state index >= 15 is 0 Å². The summed E-state index contributed by atoms with van der Waals surface area (Å²) in [6.45, 7) is 4.24. The van der Waals surface area contributed by atoms with E-state index in [2.05, 4.69) is 16.6 Å². The van der Waals surface area contributed by atoms with Crippen molar-refractivity contribution in [3.05, 3.63) is 76.8 Å². The third-order valence-corrected chi connectivity index (χ3v) is 2.00. The summed E-state index contributed by atoms with van der Waals surface area (Å²) in [4.78, 5) is 2.61. The molecule has 0 aromatic heterocycles. The molecule has 1 aromatic rings. The van der Waals surface area contributed by atoms with Crippen LogP contribution >= 0.6 is 0 Å². The van der Waals surface area contributed by atoms with Crippen molar-refractivity contribution in [1.82, 2.24) is 0 Å². The van der Waals surface area contributed by atoms with Crippen LogP contribution in [-0.4, -0.2) is 13.2 Å². The lowest BCUT2D eigenvalue weighted by atomic mass is 10.2. The van der Waals surface area contributed by atoms with Gasteiger partial charge < -0.3 is 4.74 Å². The van der Waals surface area contributed by atoms with E-state index in [0.29, 0.717) is 12.3 Å². The Bertz CT molecular complexity index is 471. The quantitative estimate of drug-likeness (QED) is 0.233. The van der Waals surface area contributed by atoms with Crippen molar-refractivity contribution in [1.29, 1.82) is 0 Å². The number of azide groups is 1. The maximum atomic E-state index is 8.14. The fourth-order valence-electron chi connectivity index (χ4n) is 1.20. The predicted octanol–water partition coefficient (Wildman–Crippen LogP) is 4.10. The minimum absolute atomic E-state index is 0.247. The Hall–Kier alpha value is -2.29. The van der Waals surface area contributed by atoms with Gasteiger partial charge in [0.25, 0.3) is 0 Å². The first kappa shape index (κ1) is 13.8. The number of nitrogens with zero attached hydrogens (tertiary/aromatic N) is 3. The van der Waals surface area contributed by atoms with Crippen LogP contribution < -0.4 is 0 Å². The second-order valence-electron chi connectivity index (χ2n) is 3.47. The summed E-state index contributed by atoms with van der Waals surface area (Å²) in [5, 5.41) is 3.32. The molecule has 0 atom stereocenters. The molecule has 0 amide bonds. The maximum absolute atomic E-state index is 8.14. The molecule has 1 aromatic carbocycles. The van der Waals surface area contributed by atoms with Crippen molar-refractivity contribution in [2.45, 2.75) is 0 Å². The van der Waals surface area contributed by atoms with Gasteiger partial charge in [-0.2, -0.15) is 0 Å². The van der Waals surface area contributed by atoms with Gasteiger partial charge in [-0.25, -0.2) is 0 Å². The Morgan fingerprint density at radius 2 is 2.11 bits per heavy atom. The van der Waals surface area contributed by atoms with Crippen LogP contribution in [0.5, 0.6) is 0 Å². The van der Waals surface area contributed by atoms with Gasteiger partial charge >= 0.3 is 0 Å². The lowest BCUT2D eigenvalue weighted by Crippen LogP contribution is -1.94. The van der Waals surface area contributed by atoms with Gasteiger partial charge in [0.15, 0.2) is 0 Å². The van der Waals surface area contributed by atoms with Gasteiger partial charge in [0.05, 0.1) is 13.2 Å². The van der Waals surface area contributed by atoms with Gasteiger partial charge in [0.2, 0.25) is 0 Å². The van der Waals surface area contributed by atoms with Gasteiger partial charge in [-0.15, -0.1) is 0 Å². The zero-order valence-corrected chi connectivity index (χ0v) is 10.1. The predicted molar refractivity (Wildman–Crippen MR) is 73.7 cm³/mol. The summed E-state index contributed by atoms with van der Waals surface area (Å²) in [5.41, 5.74) is 9.67. The zero-order valence-electron chi connectivity index (χ0n) is 10.1. The summed E-state index contributed by atoms with van der Waals surface area (Å²) in [5.74, 6) is 0. The fraction of sp³-hybridized carbons (Fsp3) is 0.143. The van der Waals surface area contributed by atoms with E-state index < -0.39 is 0 Å². The van der Waals surface area contributed by atoms with Crippen LogP contribution in [0.2, 0.25) is 0 Å². The Balaban J connectivity index is 2.20. The van der Waals surface area contributed by atoms with Crippen molar-refractivity contribution in [2.24, 2.45) is 5.11 Å². The van der Waals surface area contributed by atoms with Gasteiger partial charge in [-0.3, -0.25) is 0 Å². The molecule has 0 N–H and O–H groups in total. The van der Waals surface area contributed by atoms with Crippen LogP contribution in [0.25, 0.3) is 16.5 Å². The molecule has 0 radical (unpaired) electrons. The molecular formula is C14H15N3O. The topological polar surface area (TPSA) is 58.0 Å². The zero-order chi connectivity index (χ0) is 13.1. The van der Waals surface area contributed by atoms with Crippen LogP contribution in [0.3, 0.4) is 0 Å². The Morgan fingerprint density at radius 1 is 1.33 bits per heavy atom. The highest BCUT2D eigenvalue weighted by Crippen LogP contribution is 2.00. The summed E-state index contributed by atoms with van der Waals surface area (Å²) < 4.78 is 5.22. The highest BCUT2D eigenvalue weighted by molar-refractivity contribution is 5.50. The molecule has 0 aliphatic rings. The summed E-state index contributed by atoms with van der Waals surface area (Å²) in [7, 11) is 0. The molecule has 0 saturated heterocycles. The highest BCUT2D eigenvalue weighted by Gasteiger charge is 1.87. The third kappa shape index (κ3) is 6.33. The minimum Gasteiger partial charge on any atom is -0.373 e. The molecule has 1 rings (SSSR count). The lowest BCUT2D eigenvalue weighted by molar-refractivity contribution is 0.186. The average Bonchev–Trinajstić information content (AvgIpc) is 2.39. The van der Waals surface area contributed by atoms with E-state index in [1.54, 1.807) is 0 Å². The highest BCUT2D eigenvalue weighted by atomic mass is 16.5. The SMILES string of the molecule is C=C(COC/C=C/C=C/c1ccccc1)N=[N+]=[N-]. The maximum Gasteiger partial charge on any atom is 0.0740 e. The largest absolute Gasteiger partial charge is 0.373 e. The molecule has 4 nitrogen and oxygen atoms in total. The van der Waals surface area contributed by atoms with E-state index in [1.807, 2.05) is 54.6 Å². The van der Waals surface area contributed by atoms with Crippen LogP contribution in [0.15, 0.2) is 66.0 Å². The molecule has 92 valence electrons. The monoisotopic (exact) mass is 241 g/mol. The van der Waals surface area contributed by atoms with Crippen LogP contribution in [0, 0.1) is 0 Å². The molecular weight excluding hydrogens is 226 g/mol. The first-order valence-electron chi connectivity index (χ1n) is 5.52. The van der Waals surface area contributed by atoms with Crippen molar-refractivity contribution in [3.8, 4) is 0 Å². The molecule has 0 spiro atoms. The average molecular weight is 241 g/mol. The molecule has 4 heteroatoms. The Morgan fingerprint density at radius 3 is 2.83 bits per heavy atom. The number of rotatable bonds is 7. The minimum atomic E-state index is 0.247.